The number of esters is 1. The Labute approximate surface area is 105 Å². The Kier molecular flexibility index (Phi) is 2.52. The van der Waals surface area contributed by atoms with Gasteiger partial charge in [0.05, 0.1) is 5.92 Å². The van der Waals surface area contributed by atoms with E-state index in [-0.39, 0.29) is 17.6 Å². The number of carbonyl (C=O) groups is 1. The molecule has 0 bridgehead atoms. The molecule has 18 heavy (non-hydrogen) atoms. The first-order chi connectivity index (χ1) is 8.74. The molecule has 2 aromatic rings. The van der Waals surface area contributed by atoms with Crippen molar-refractivity contribution < 1.29 is 14.6 Å². The Morgan fingerprint density at radius 3 is 2.56 bits per heavy atom. The molecule has 1 N–H and O–H groups in total. The summed E-state index contributed by atoms with van der Waals surface area (Å²) in [6.45, 7) is 0. The van der Waals surface area contributed by atoms with E-state index in [1.54, 1.807) is 30.3 Å². The maximum absolute atomic E-state index is 12.0. The highest BCUT2D eigenvalue weighted by Crippen LogP contribution is 2.33. The number of rotatable bonds is 1. The third-order valence-electron chi connectivity index (χ3n) is 3.19. The molecule has 3 nitrogen and oxygen atoms in total. The van der Waals surface area contributed by atoms with Gasteiger partial charge in [0, 0.05) is 0 Å². The minimum atomic E-state index is -0.291. The summed E-state index contributed by atoms with van der Waals surface area (Å²) in [7, 11) is 0. The lowest BCUT2D eigenvalue weighted by Gasteiger charge is -2.23. The van der Waals surface area contributed by atoms with E-state index in [0.717, 1.165) is 11.1 Å². The summed E-state index contributed by atoms with van der Waals surface area (Å²) in [5.74, 6) is 0.320. The summed E-state index contributed by atoms with van der Waals surface area (Å²) in [5.41, 5.74) is 1.91. The van der Waals surface area contributed by atoms with Crippen LogP contribution in [-0.2, 0) is 11.2 Å². The fourth-order valence-corrected chi connectivity index (χ4v) is 2.22. The van der Waals surface area contributed by atoms with Gasteiger partial charge in [0.25, 0.3) is 0 Å². The highest BCUT2D eigenvalue weighted by atomic mass is 16.5. The summed E-state index contributed by atoms with van der Waals surface area (Å²) in [4.78, 5) is 12.0. The van der Waals surface area contributed by atoms with Gasteiger partial charge in [0.2, 0.25) is 0 Å². The van der Waals surface area contributed by atoms with Crippen molar-refractivity contribution in [1.29, 1.82) is 0 Å². The summed E-state index contributed by atoms with van der Waals surface area (Å²) < 4.78 is 5.33. The molecule has 0 aliphatic carbocycles. The maximum atomic E-state index is 12.0. The van der Waals surface area contributed by atoms with E-state index in [0.29, 0.717) is 12.2 Å². The van der Waals surface area contributed by atoms with Gasteiger partial charge in [-0.3, -0.25) is 4.79 Å². The van der Waals surface area contributed by atoms with Crippen LogP contribution in [-0.4, -0.2) is 11.1 Å². The van der Waals surface area contributed by atoms with Crippen LogP contribution in [0.2, 0.25) is 0 Å². The molecule has 1 atom stereocenters. The molecular weight excluding hydrogens is 228 g/mol. The van der Waals surface area contributed by atoms with Gasteiger partial charge in [-0.2, -0.15) is 0 Å². The second-order valence-electron chi connectivity index (χ2n) is 4.38. The first-order valence-corrected chi connectivity index (χ1v) is 5.82. The lowest BCUT2D eigenvalue weighted by molar-refractivity contribution is -0.137. The smallest absolute Gasteiger partial charge is 0.319 e. The average Bonchev–Trinajstić information content (AvgIpc) is 2.39. The molecule has 0 amide bonds. The minimum absolute atomic E-state index is 0.198. The number of hydrogen-bond donors (Lipinski definition) is 1. The zero-order valence-corrected chi connectivity index (χ0v) is 9.67. The second kappa shape index (κ2) is 4.18. The number of phenolic OH excluding ortho intramolecular Hbond substituents is 1. The number of para-hydroxylation sites is 1. The Morgan fingerprint density at radius 2 is 1.78 bits per heavy atom. The molecule has 0 radical (unpaired) electrons. The van der Waals surface area contributed by atoms with E-state index < -0.39 is 0 Å². The van der Waals surface area contributed by atoms with E-state index in [1.165, 1.54) is 0 Å². The predicted octanol–water partition coefficient (Wildman–Crippen LogP) is 2.64. The molecule has 0 saturated heterocycles. The fourth-order valence-electron chi connectivity index (χ4n) is 2.22. The third-order valence-corrected chi connectivity index (χ3v) is 3.19. The normalized spacial score (nSPS) is 18.0. The lowest BCUT2D eigenvalue weighted by atomic mass is 9.90. The van der Waals surface area contributed by atoms with Crippen molar-refractivity contribution in [2.75, 3.05) is 0 Å². The monoisotopic (exact) mass is 240 g/mol. The molecular formula is C15H12O3. The van der Waals surface area contributed by atoms with E-state index in [1.807, 2.05) is 18.2 Å². The molecule has 0 spiro atoms. The van der Waals surface area contributed by atoms with E-state index in [4.69, 9.17) is 4.74 Å². The number of benzene rings is 2. The van der Waals surface area contributed by atoms with Gasteiger partial charge in [0.1, 0.15) is 11.5 Å². The summed E-state index contributed by atoms with van der Waals surface area (Å²) >= 11 is 0. The zero-order valence-electron chi connectivity index (χ0n) is 9.67. The standard InChI is InChI=1S/C15H12O3/c16-12-7-5-10(6-8-12)13-9-11-3-1-2-4-14(11)18-15(13)17/h1-8,13,16H,9H2. The summed E-state index contributed by atoms with van der Waals surface area (Å²) in [5, 5.41) is 9.26. The van der Waals surface area contributed by atoms with Crippen LogP contribution in [0.3, 0.4) is 0 Å². The van der Waals surface area contributed by atoms with Crippen LogP contribution in [0.15, 0.2) is 48.5 Å². The van der Waals surface area contributed by atoms with Crippen molar-refractivity contribution in [1.82, 2.24) is 0 Å². The van der Waals surface area contributed by atoms with Crippen molar-refractivity contribution in [3.63, 3.8) is 0 Å². The maximum Gasteiger partial charge on any atom is 0.319 e. The van der Waals surface area contributed by atoms with Crippen molar-refractivity contribution in [3.05, 3.63) is 59.7 Å². The van der Waals surface area contributed by atoms with Crippen molar-refractivity contribution in [2.24, 2.45) is 0 Å². The molecule has 3 rings (SSSR count). The number of phenols is 1. The molecule has 0 fully saturated rings. The van der Waals surface area contributed by atoms with Crippen LogP contribution >= 0.6 is 0 Å². The first kappa shape index (κ1) is 10.8. The first-order valence-electron chi connectivity index (χ1n) is 5.82. The minimum Gasteiger partial charge on any atom is -0.508 e. The number of hydrogen-bond acceptors (Lipinski definition) is 3. The van der Waals surface area contributed by atoms with E-state index in [9.17, 15) is 9.90 Å². The van der Waals surface area contributed by atoms with Crippen LogP contribution in [0.25, 0.3) is 0 Å². The topological polar surface area (TPSA) is 46.5 Å². The van der Waals surface area contributed by atoms with Crippen molar-refractivity contribution >= 4 is 5.97 Å². The molecule has 0 aromatic heterocycles. The summed E-state index contributed by atoms with van der Waals surface area (Å²) in [6.07, 6.45) is 0.639. The average molecular weight is 240 g/mol. The molecule has 0 saturated carbocycles. The van der Waals surface area contributed by atoms with Crippen molar-refractivity contribution in [3.8, 4) is 11.5 Å². The quantitative estimate of drug-likeness (QED) is 0.615. The number of carbonyl (C=O) groups excluding carboxylic acids is 1. The molecule has 1 unspecified atom stereocenters. The van der Waals surface area contributed by atoms with E-state index in [2.05, 4.69) is 0 Å². The van der Waals surface area contributed by atoms with Gasteiger partial charge >= 0.3 is 5.97 Å². The van der Waals surface area contributed by atoms with Crippen molar-refractivity contribution in [2.45, 2.75) is 12.3 Å². The Bertz CT molecular complexity index is 587. The molecule has 1 aliphatic heterocycles. The largest absolute Gasteiger partial charge is 0.508 e. The number of aromatic hydroxyl groups is 1. The van der Waals surface area contributed by atoms with Gasteiger partial charge in [-0.15, -0.1) is 0 Å². The highest BCUT2D eigenvalue weighted by Gasteiger charge is 2.29. The predicted molar refractivity (Wildman–Crippen MR) is 66.6 cm³/mol. The lowest BCUT2D eigenvalue weighted by Crippen LogP contribution is -2.25. The van der Waals surface area contributed by atoms with Gasteiger partial charge < -0.3 is 9.84 Å². The van der Waals surface area contributed by atoms with Gasteiger partial charge in [-0.05, 0) is 35.7 Å². The molecule has 2 aromatic carbocycles. The third kappa shape index (κ3) is 1.84. The number of fused-ring (bicyclic) bond motifs is 1. The van der Waals surface area contributed by atoms with Crippen LogP contribution in [0.5, 0.6) is 11.5 Å². The Morgan fingerprint density at radius 1 is 1.06 bits per heavy atom. The second-order valence-corrected chi connectivity index (χ2v) is 4.38. The van der Waals surface area contributed by atoms with Crippen LogP contribution in [0.4, 0.5) is 0 Å². The number of ether oxygens (including phenoxy) is 1. The van der Waals surface area contributed by atoms with Crippen LogP contribution in [0.1, 0.15) is 17.0 Å². The Hall–Kier alpha value is -2.29. The zero-order chi connectivity index (χ0) is 12.5. The molecule has 90 valence electrons. The van der Waals surface area contributed by atoms with E-state index >= 15 is 0 Å². The van der Waals surface area contributed by atoms with Crippen LogP contribution in [0, 0.1) is 0 Å². The summed E-state index contributed by atoms with van der Waals surface area (Å²) in [6, 6.07) is 14.3. The SMILES string of the molecule is O=C1Oc2ccccc2CC1c1ccc(O)cc1. The Balaban J connectivity index is 1.95. The fraction of sp³-hybridized carbons (Fsp3) is 0.133. The molecule has 3 heteroatoms. The highest BCUT2D eigenvalue weighted by molar-refractivity contribution is 5.83. The molecule has 1 heterocycles. The van der Waals surface area contributed by atoms with Gasteiger partial charge in [0.15, 0.2) is 0 Å². The van der Waals surface area contributed by atoms with Gasteiger partial charge in [-0.25, -0.2) is 0 Å². The van der Waals surface area contributed by atoms with Crippen LogP contribution < -0.4 is 4.74 Å². The van der Waals surface area contributed by atoms with Gasteiger partial charge in [-0.1, -0.05) is 30.3 Å². The molecule has 1 aliphatic rings.